The second kappa shape index (κ2) is 6.09. The lowest BCUT2D eigenvalue weighted by atomic mass is 10.1. The lowest BCUT2D eigenvalue weighted by Gasteiger charge is -2.10. The molecule has 1 amide bonds. The first-order valence-electron chi connectivity index (χ1n) is 7.34. The van der Waals surface area contributed by atoms with Crippen LogP contribution in [0.2, 0.25) is 0 Å². The number of amides is 1. The van der Waals surface area contributed by atoms with Gasteiger partial charge in [0.1, 0.15) is 11.3 Å². The van der Waals surface area contributed by atoms with E-state index >= 15 is 0 Å². The number of fused-ring (bicyclic) bond motifs is 1. The zero-order chi connectivity index (χ0) is 17.3. The molecule has 0 fully saturated rings. The van der Waals surface area contributed by atoms with Gasteiger partial charge in [-0.3, -0.25) is 4.79 Å². The summed E-state index contributed by atoms with van der Waals surface area (Å²) in [5, 5.41) is 0.669. The molecule has 0 bridgehead atoms. The first-order valence-corrected chi connectivity index (χ1v) is 8.83. The summed E-state index contributed by atoms with van der Waals surface area (Å²) in [5.74, 6) is -1.02. The van der Waals surface area contributed by atoms with Gasteiger partial charge in [-0.15, -0.1) is 0 Å². The van der Waals surface area contributed by atoms with Crippen molar-refractivity contribution >= 4 is 26.9 Å². The summed E-state index contributed by atoms with van der Waals surface area (Å²) in [6, 6.07) is 12.2. The summed E-state index contributed by atoms with van der Waals surface area (Å²) in [7, 11) is -4.02. The Morgan fingerprint density at radius 3 is 2.67 bits per heavy atom. The fourth-order valence-corrected chi connectivity index (χ4v) is 3.36. The quantitative estimate of drug-likeness (QED) is 0.786. The molecule has 0 aliphatic rings. The Morgan fingerprint density at radius 2 is 1.96 bits per heavy atom. The molecule has 0 saturated heterocycles. The Hall–Kier alpha value is -2.67. The smallest absolute Gasteiger partial charge is 0.281 e. The number of nitrogens with zero attached hydrogens (tertiary/aromatic N) is 1. The first-order chi connectivity index (χ1) is 11.4. The molecular weight excluding hydrogens is 328 g/mol. The van der Waals surface area contributed by atoms with Gasteiger partial charge in [-0.25, -0.2) is 9.71 Å². The molecule has 1 aromatic carbocycles. The zero-order valence-electron chi connectivity index (χ0n) is 13.2. The van der Waals surface area contributed by atoms with Crippen molar-refractivity contribution in [2.75, 3.05) is 0 Å². The molecule has 24 heavy (non-hydrogen) atoms. The number of furan rings is 1. The first kappa shape index (κ1) is 16.2. The predicted octanol–water partition coefficient (Wildman–Crippen LogP) is 2.74. The van der Waals surface area contributed by atoms with Gasteiger partial charge in [0.05, 0.1) is 5.92 Å². The number of pyridine rings is 1. The highest BCUT2D eigenvalue weighted by molar-refractivity contribution is 7.90. The van der Waals surface area contributed by atoms with E-state index in [1.54, 1.807) is 32.0 Å². The number of aromatic nitrogens is 1. The molecule has 7 heteroatoms. The summed E-state index contributed by atoms with van der Waals surface area (Å²) < 4.78 is 32.2. The molecule has 2 heterocycles. The Labute approximate surface area is 139 Å². The van der Waals surface area contributed by atoms with Crippen LogP contribution in [0.25, 0.3) is 11.0 Å². The second-order valence-electron chi connectivity index (χ2n) is 5.55. The van der Waals surface area contributed by atoms with E-state index in [0.717, 1.165) is 10.9 Å². The summed E-state index contributed by atoms with van der Waals surface area (Å²) in [5.41, 5.74) is 1.39. The van der Waals surface area contributed by atoms with E-state index in [1.807, 2.05) is 18.2 Å². The van der Waals surface area contributed by atoms with Gasteiger partial charge in [0, 0.05) is 11.6 Å². The minimum Gasteiger partial charge on any atom is -0.460 e. The van der Waals surface area contributed by atoms with Crippen LogP contribution in [0.4, 0.5) is 0 Å². The van der Waals surface area contributed by atoms with Gasteiger partial charge in [-0.2, -0.15) is 8.42 Å². The standard InChI is InChI=1S/C17H16N2O4S/c1-11-7-8-18-16(9-11)24(21,22)19-17(20)12(2)15-10-13-5-3-4-6-14(13)23-15/h3-10,12H,1-2H3,(H,19,20)/t12-/m0/s1. The van der Waals surface area contributed by atoms with Crippen molar-refractivity contribution < 1.29 is 17.6 Å². The Morgan fingerprint density at radius 1 is 1.21 bits per heavy atom. The third-order valence-electron chi connectivity index (χ3n) is 3.67. The van der Waals surface area contributed by atoms with Crippen molar-refractivity contribution in [3.63, 3.8) is 0 Å². The molecule has 124 valence electrons. The van der Waals surface area contributed by atoms with Crippen LogP contribution in [0.15, 0.2) is 58.1 Å². The molecule has 0 unspecified atom stereocenters. The van der Waals surface area contributed by atoms with E-state index in [9.17, 15) is 13.2 Å². The number of para-hydroxylation sites is 1. The van der Waals surface area contributed by atoms with E-state index in [-0.39, 0.29) is 5.03 Å². The lowest BCUT2D eigenvalue weighted by Crippen LogP contribution is -2.34. The molecule has 0 aliphatic carbocycles. The highest BCUT2D eigenvalue weighted by Crippen LogP contribution is 2.25. The number of carbonyl (C=O) groups excluding carboxylic acids is 1. The number of benzene rings is 1. The average Bonchev–Trinajstić information content (AvgIpc) is 2.97. The molecule has 1 N–H and O–H groups in total. The molecule has 3 aromatic rings. The summed E-state index contributed by atoms with van der Waals surface area (Å²) in [6.07, 6.45) is 1.39. The molecule has 0 radical (unpaired) electrons. The van der Waals surface area contributed by atoms with Crippen LogP contribution >= 0.6 is 0 Å². The SMILES string of the molecule is Cc1ccnc(S(=O)(=O)NC(=O)[C@@H](C)c2cc3ccccc3o2)c1. The molecule has 0 aliphatic heterocycles. The summed E-state index contributed by atoms with van der Waals surface area (Å²) in [4.78, 5) is 16.1. The maximum absolute atomic E-state index is 12.3. The van der Waals surface area contributed by atoms with E-state index < -0.39 is 21.8 Å². The third-order valence-corrected chi connectivity index (χ3v) is 4.91. The van der Waals surface area contributed by atoms with Crippen LogP contribution in [0.1, 0.15) is 24.2 Å². The molecular formula is C17H16N2O4S. The van der Waals surface area contributed by atoms with E-state index in [4.69, 9.17) is 4.42 Å². The van der Waals surface area contributed by atoms with Gasteiger partial charge in [0.2, 0.25) is 5.91 Å². The van der Waals surface area contributed by atoms with Crippen LogP contribution in [-0.2, 0) is 14.8 Å². The zero-order valence-corrected chi connectivity index (χ0v) is 14.0. The van der Waals surface area contributed by atoms with Crippen molar-refractivity contribution in [2.45, 2.75) is 24.8 Å². The Kier molecular flexibility index (Phi) is 4.11. The van der Waals surface area contributed by atoms with E-state index in [2.05, 4.69) is 9.71 Å². The number of nitrogens with one attached hydrogen (secondary N) is 1. The fraction of sp³-hybridized carbons (Fsp3) is 0.176. The van der Waals surface area contributed by atoms with Crippen LogP contribution < -0.4 is 4.72 Å². The fourth-order valence-electron chi connectivity index (χ4n) is 2.27. The largest absolute Gasteiger partial charge is 0.460 e. The molecule has 1 atom stereocenters. The third kappa shape index (κ3) is 3.16. The molecule has 2 aromatic heterocycles. The van der Waals surface area contributed by atoms with Crippen LogP contribution in [0.3, 0.4) is 0 Å². The van der Waals surface area contributed by atoms with E-state index in [1.165, 1.54) is 12.3 Å². The normalized spacial score (nSPS) is 12.9. The molecule has 3 rings (SSSR count). The van der Waals surface area contributed by atoms with Crippen molar-refractivity contribution in [2.24, 2.45) is 0 Å². The second-order valence-corrected chi connectivity index (χ2v) is 7.18. The maximum Gasteiger partial charge on any atom is 0.281 e. The van der Waals surface area contributed by atoms with Gasteiger partial charge in [-0.1, -0.05) is 18.2 Å². The van der Waals surface area contributed by atoms with Gasteiger partial charge in [-0.05, 0) is 43.7 Å². The Balaban J connectivity index is 1.83. The molecule has 0 saturated carbocycles. The van der Waals surface area contributed by atoms with Crippen LogP contribution in [0.5, 0.6) is 0 Å². The average molecular weight is 344 g/mol. The number of hydrogen-bond donors (Lipinski definition) is 1. The highest BCUT2D eigenvalue weighted by Gasteiger charge is 2.25. The van der Waals surface area contributed by atoms with Gasteiger partial charge in [0.15, 0.2) is 5.03 Å². The van der Waals surface area contributed by atoms with Crippen molar-refractivity contribution in [1.82, 2.24) is 9.71 Å². The highest BCUT2D eigenvalue weighted by atomic mass is 32.2. The number of rotatable bonds is 4. The van der Waals surface area contributed by atoms with Gasteiger partial charge < -0.3 is 4.42 Å². The summed E-state index contributed by atoms with van der Waals surface area (Å²) in [6.45, 7) is 3.34. The van der Waals surface area contributed by atoms with Crippen LogP contribution in [0, 0.1) is 6.92 Å². The molecule has 6 nitrogen and oxygen atoms in total. The minimum absolute atomic E-state index is 0.187. The number of aryl methyl sites for hydroxylation is 1. The number of sulfonamides is 1. The summed E-state index contributed by atoms with van der Waals surface area (Å²) >= 11 is 0. The van der Waals surface area contributed by atoms with Crippen molar-refractivity contribution in [3.05, 3.63) is 60.0 Å². The Bertz CT molecular complexity index is 975. The minimum atomic E-state index is -4.02. The van der Waals surface area contributed by atoms with Crippen molar-refractivity contribution in [1.29, 1.82) is 0 Å². The topological polar surface area (TPSA) is 89.3 Å². The van der Waals surface area contributed by atoms with Crippen molar-refractivity contribution in [3.8, 4) is 0 Å². The van der Waals surface area contributed by atoms with Gasteiger partial charge >= 0.3 is 0 Å². The monoisotopic (exact) mass is 344 g/mol. The van der Waals surface area contributed by atoms with E-state index in [0.29, 0.717) is 11.3 Å². The lowest BCUT2D eigenvalue weighted by molar-refractivity contribution is -0.120. The predicted molar refractivity (Wildman–Crippen MR) is 88.9 cm³/mol. The molecule has 0 spiro atoms. The van der Waals surface area contributed by atoms with Gasteiger partial charge in [0.25, 0.3) is 10.0 Å². The maximum atomic E-state index is 12.3. The number of carbonyl (C=O) groups is 1. The van der Waals surface area contributed by atoms with Crippen LogP contribution in [-0.4, -0.2) is 19.3 Å². The number of hydrogen-bond acceptors (Lipinski definition) is 5.